The maximum Gasteiger partial charge on any atom is 0.308 e. The van der Waals surface area contributed by atoms with Crippen LogP contribution in [0.3, 0.4) is 0 Å². The van der Waals surface area contributed by atoms with Crippen LogP contribution >= 0.6 is 0 Å². The molecule has 0 radical (unpaired) electrons. The molecule has 0 saturated carbocycles. The van der Waals surface area contributed by atoms with Gasteiger partial charge in [0.05, 0.1) is 35.9 Å². The summed E-state index contributed by atoms with van der Waals surface area (Å²) < 4.78 is 29.0. The molecule has 1 aliphatic heterocycles. The fourth-order valence-electron chi connectivity index (χ4n) is 4.20. The first-order valence-corrected chi connectivity index (χ1v) is 12.1. The minimum Gasteiger partial charge on any atom is -0.387 e. The van der Waals surface area contributed by atoms with Gasteiger partial charge in [0.2, 0.25) is 0 Å². The molecule has 1 saturated heterocycles. The third kappa shape index (κ3) is 5.37. The highest BCUT2D eigenvalue weighted by Crippen LogP contribution is 2.26. The molecule has 1 fully saturated rings. The molecule has 5 heterocycles. The van der Waals surface area contributed by atoms with Crippen LogP contribution in [0.2, 0.25) is 0 Å². The van der Waals surface area contributed by atoms with Crippen LogP contribution in [0.1, 0.15) is 30.6 Å². The van der Waals surface area contributed by atoms with Gasteiger partial charge in [0.25, 0.3) is 5.91 Å². The monoisotopic (exact) mass is 523 g/mol. The number of anilines is 2. The van der Waals surface area contributed by atoms with Crippen LogP contribution in [0, 0.1) is 6.08 Å². The zero-order chi connectivity index (χ0) is 26.9. The van der Waals surface area contributed by atoms with Gasteiger partial charge in [0.15, 0.2) is 5.65 Å². The van der Waals surface area contributed by atoms with Crippen molar-refractivity contribution in [2.75, 3.05) is 29.9 Å². The van der Waals surface area contributed by atoms with Crippen molar-refractivity contribution < 1.29 is 18.7 Å². The van der Waals surface area contributed by atoms with Crippen LogP contribution in [0.15, 0.2) is 49.2 Å². The van der Waals surface area contributed by atoms with Gasteiger partial charge in [-0.15, -0.1) is 0 Å². The number of halogens is 2. The first-order chi connectivity index (χ1) is 18.2. The van der Waals surface area contributed by atoms with Crippen molar-refractivity contribution in [2.45, 2.75) is 38.1 Å². The summed E-state index contributed by atoms with van der Waals surface area (Å²) in [6.07, 6.45) is 5.87. The Bertz CT molecular complexity index is 1420. The molecule has 4 aromatic rings. The lowest BCUT2D eigenvalue weighted by molar-refractivity contribution is -0.00177. The molecule has 0 aliphatic carbocycles. The second-order valence-corrected chi connectivity index (χ2v) is 9.68. The van der Waals surface area contributed by atoms with E-state index in [1.54, 1.807) is 29.0 Å². The van der Waals surface area contributed by atoms with E-state index in [0.717, 1.165) is 5.56 Å². The zero-order valence-electron chi connectivity index (χ0n) is 20.8. The number of fused-ring (bicyclic) bond motifs is 1. The lowest BCUT2D eigenvalue weighted by Gasteiger charge is -2.23. The van der Waals surface area contributed by atoms with E-state index in [2.05, 4.69) is 35.7 Å². The van der Waals surface area contributed by atoms with Crippen molar-refractivity contribution in [1.29, 1.82) is 0 Å². The van der Waals surface area contributed by atoms with E-state index in [0.29, 0.717) is 42.4 Å². The molecular weight excluding hydrogens is 496 g/mol. The minimum atomic E-state index is -1.66. The molecular formula is C25H27F2N9O2. The molecule has 0 aromatic carbocycles. The Hall–Kier alpha value is -4.26. The van der Waals surface area contributed by atoms with Gasteiger partial charge in [-0.05, 0) is 32.4 Å². The van der Waals surface area contributed by atoms with Crippen LogP contribution in [0.5, 0.6) is 0 Å². The first-order valence-electron chi connectivity index (χ1n) is 12.1. The number of nitrogens with zero attached hydrogens (tertiary/aromatic N) is 7. The highest BCUT2D eigenvalue weighted by Gasteiger charge is 2.29. The van der Waals surface area contributed by atoms with E-state index in [1.165, 1.54) is 32.4 Å². The van der Waals surface area contributed by atoms with E-state index in [9.17, 15) is 18.7 Å². The van der Waals surface area contributed by atoms with Gasteiger partial charge in [-0.3, -0.25) is 9.78 Å². The van der Waals surface area contributed by atoms with Gasteiger partial charge in [-0.25, -0.2) is 19.3 Å². The Labute approximate surface area is 217 Å². The highest BCUT2D eigenvalue weighted by atomic mass is 19.1. The van der Waals surface area contributed by atoms with Crippen molar-refractivity contribution in [3.05, 3.63) is 60.8 Å². The Balaban J connectivity index is 1.45. The summed E-state index contributed by atoms with van der Waals surface area (Å²) in [5, 5.41) is 20.5. The fourth-order valence-corrected chi connectivity index (χ4v) is 4.20. The molecule has 0 spiro atoms. The van der Waals surface area contributed by atoms with Gasteiger partial charge in [0.1, 0.15) is 17.6 Å². The Morgan fingerprint density at radius 1 is 1.24 bits per heavy atom. The van der Waals surface area contributed by atoms with E-state index < -0.39 is 23.8 Å². The normalized spacial score (nSPS) is 16.6. The first kappa shape index (κ1) is 25.4. The topological polar surface area (TPSA) is 133 Å². The van der Waals surface area contributed by atoms with Crippen LogP contribution in [0.25, 0.3) is 16.9 Å². The maximum absolute atomic E-state index is 14.3. The van der Waals surface area contributed by atoms with Gasteiger partial charge in [0, 0.05) is 49.4 Å². The Kier molecular flexibility index (Phi) is 6.85. The molecule has 11 nitrogen and oxygen atoms in total. The van der Waals surface area contributed by atoms with E-state index in [4.69, 9.17) is 0 Å². The maximum atomic E-state index is 14.3. The van der Waals surface area contributed by atoms with Crippen LogP contribution in [-0.2, 0) is 0 Å². The number of rotatable bonds is 8. The molecule has 38 heavy (non-hydrogen) atoms. The quantitative estimate of drug-likeness (QED) is 0.297. The smallest absolute Gasteiger partial charge is 0.308 e. The summed E-state index contributed by atoms with van der Waals surface area (Å²) in [4.78, 5) is 31.0. The lowest BCUT2D eigenvalue weighted by Crippen LogP contribution is -2.42. The van der Waals surface area contributed by atoms with Gasteiger partial charge >= 0.3 is 6.08 Å². The number of pyridine rings is 1. The SMILES string of the molecule is CC(C)(O)[C@H](F)CNC(=O)c1cnc2cc(-c3cccnc3)nn2c1N[C@H]1CCN(c2cnc(F)nc2)C1. The average Bonchev–Trinajstić information content (AvgIpc) is 3.55. The number of carbonyl (C=O) groups excluding carboxylic acids is 1. The standard InChI is InChI=1S/C25H27F2N9O2/c1-25(2,38)20(26)13-30-23(37)18-12-29-21-8-19(15-4-3-6-28-9-15)34-36(21)22(18)33-16-5-7-35(14-16)17-10-31-24(27)32-11-17/h3-4,6,8-12,16,20,33,38H,5,7,13-14H2,1-2H3,(H,30,37)/t16-,20+/m0/s1. The molecule has 3 N–H and O–H groups in total. The number of hydrogen-bond acceptors (Lipinski definition) is 9. The summed E-state index contributed by atoms with van der Waals surface area (Å²) >= 11 is 0. The second kappa shape index (κ2) is 10.2. The van der Waals surface area contributed by atoms with Crippen molar-refractivity contribution in [1.82, 2.24) is 34.9 Å². The number of hydrogen-bond donors (Lipinski definition) is 3. The van der Waals surface area contributed by atoms with Gasteiger partial charge < -0.3 is 20.6 Å². The number of amides is 1. The predicted molar refractivity (Wildman–Crippen MR) is 136 cm³/mol. The van der Waals surface area contributed by atoms with Crippen LogP contribution in [0.4, 0.5) is 20.3 Å². The highest BCUT2D eigenvalue weighted by molar-refractivity contribution is 5.99. The van der Waals surface area contributed by atoms with Crippen molar-refractivity contribution in [3.8, 4) is 11.3 Å². The number of aliphatic hydroxyl groups is 1. The number of alkyl halides is 1. The van der Waals surface area contributed by atoms with Crippen LogP contribution < -0.4 is 15.5 Å². The average molecular weight is 524 g/mol. The van der Waals surface area contributed by atoms with E-state index in [1.807, 2.05) is 11.0 Å². The summed E-state index contributed by atoms with van der Waals surface area (Å²) in [7, 11) is 0. The largest absolute Gasteiger partial charge is 0.387 e. The Morgan fingerprint density at radius 3 is 2.74 bits per heavy atom. The third-order valence-electron chi connectivity index (χ3n) is 6.39. The van der Waals surface area contributed by atoms with E-state index in [-0.39, 0.29) is 18.2 Å². The fraction of sp³-hybridized carbons (Fsp3) is 0.360. The summed E-state index contributed by atoms with van der Waals surface area (Å²) in [5.41, 5.74) is 1.16. The predicted octanol–water partition coefficient (Wildman–Crippen LogP) is 2.25. The lowest BCUT2D eigenvalue weighted by atomic mass is 10.0. The van der Waals surface area contributed by atoms with Gasteiger partial charge in [-0.2, -0.15) is 14.0 Å². The number of carbonyl (C=O) groups is 1. The molecule has 1 aliphatic rings. The van der Waals surface area contributed by atoms with Crippen LogP contribution in [-0.4, -0.2) is 78.0 Å². The molecule has 0 bridgehead atoms. The zero-order valence-corrected chi connectivity index (χ0v) is 20.8. The molecule has 4 aromatic heterocycles. The summed E-state index contributed by atoms with van der Waals surface area (Å²) in [6.45, 7) is 3.51. The molecule has 0 unspecified atom stereocenters. The van der Waals surface area contributed by atoms with Crippen molar-refractivity contribution in [3.63, 3.8) is 0 Å². The van der Waals surface area contributed by atoms with Crippen molar-refractivity contribution >= 4 is 23.1 Å². The summed E-state index contributed by atoms with van der Waals surface area (Å²) in [5.74, 6) is -0.169. The van der Waals surface area contributed by atoms with E-state index >= 15 is 0 Å². The number of nitrogens with one attached hydrogen (secondary N) is 2. The molecule has 2 atom stereocenters. The van der Waals surface area contributed by atoms with Gasteiger partial charge in [-0.1, -0.05) is 0 Å². The van der Waals surface area contributed by atoms with Crippen molar-refractivity contribution in [2.24, 2.45) is 0 Å². The minimum absolute atomic E-state index is 0.103. The number of aromatic nitrogens is 6. The molecule has 5 rings (SSSR count). The molecule has 198 valence electrons. The molecule has 13 heteroatoms. The second-order valence-electron chi connectivity index (χ2n) is 9.68. The molecule has 1 amide bonds. The Morgan fingerprint density at radius 2 is 2.03 bits per heavy atom. The summed E-state index contributed by atoms with van der Waals surface area (Å²) in [6, 6.07) is 5.35. The third-order valence-corrected chi connectivity index (χ3v) is 6.39.